The van der Waals surface area contributed by atoms with Gasteiger partial charge in [-0.2, -0.15) is 0 Å². The van der Waals surface area contributed by atoms with Crippen molar-refractivity contribution in [1.82, 2.24) is 20.3 Å². The second-order valence-corrected chi connectivity index (χ2v) is 3.75. The molecule has 1 rings (SSSR count). The van der Waals surface area contributed by atoms with Gasteiger partial charge in [-0.05, 0) is 0 Å². The van der Waals surface area contributed by atoms with E-state index in [1.807, 2.05) is 6.20 Å². The largest absolute Gasteiger partial charge is 0.383 e. The maximum atomic E-state index is 5.35. The van der Waals surface area contributed by atoms with E-state index in [4.69, 9.17) is 14.2 Å². The first-order valence-electron chi connectivity index (χ1n) is 6.02. The molecule has 7 heteroatoms. The lowest BCUT2D eigenvalue weighted by atomic mass is 10.4. The average molecular weight is 258 g/mol. The highest BCUT2D eigenvalue weighted by atomic mass is 16.5. The quantitative estimate of drug-likeness (QED) is 0.548. The fraction of sp³-hybridized carbons (Fsp3) is 0.818. The van der Waals surface area contributed by atoms with Gasteiger partial charge in [0.2, 0.25) is 0 Å². The van der Waals surface area contributed by atoms with Gasteiger partial charge >= 0.3 is 0 Å². The van der Waals surface area contributed by atoms with Crippen molar-refractivity contribution < 1.29 is 14.2 Å². The molecule has 1 aromatic rings. The molecule has 0 bridgehead atoms. The summed E-state index contributed by atoms with van der Waals surface area (Å²) in [5.41, 5.74) is 0.919. The van der Waals surface area contributed by atoms with E-state index in [-0.39, 0.29) is 0 Å². The zero-order valence-electron chi connectivity index (χ0n) is 11.1. The van der Waals surface area contributed by atoms with Gasteiger partial charge in [0.1, 0.15) is 0 Å². The second-order valence-electron chi connectivity index (χ2n) is 3.75. The molecule has 0 saturated carbocycles. The molecule has 0 fully saturated rings. The van der Waals surface area contributed by atoms with Gasteiger partial charge in [-0.3, -0.25) is 0 Å². The summed E-state index contributed by atoms with van der Waals surface area (Å²) in [6.07, 6.45) is 1.92. The van der Waals surface area contributed by atoms with Gasteiger partial charge < -0.3 is 19.5 Å². The predicted molar refractivity (Wildman–Crippen MR) is 66.3 cm³/mol. The van der Waals surface area contributed by atoms with Crippen LogP contribution in [0.2, 0.25) is 0 Å². The van der Waals surface area contributed by atoms with E-state index in [0.29, 0.717) is 39.5 Å². The molecule has 1 aromatic heterocycles. The molecule has 0 amide bonds. The van der Waals surface area contributed by atoms with Gasteiger partial charge in [0.25, 0.3) is 0 Å². The number of nitrogens with zero attached hydrogens (tertiary/aromatic N) is 3. The SMILES string of the molecule is COCCNCc1cn(CCOCCOC)nn1. The first-order valence-corrected chi connectivity index (χ1v) is 6.02. The van der Waals surface area contributed by atoms with Crippen LogP contribution in [-0.2, 0) is 27.3 Å². The van der Waals surface area contributed by atoms with Crippen LogP contribution in [0.1, 0.15) is 5.69 Å². The molecule has 7 nitrogen and oxygen atoms in total. The summed E-state index contributed by atoms with van der Waals surface area (Å²) >= 11 is 0. The third-order valence-corrected chi connectivity index (χ3v) is 2.27. The standard InChI is InChI=1S/C11H22N4O3/c1-16-5-3-12-9-11-10-15(14-13-11)4-6-18-8-7-17-2/h10,12H,3-9H2,1-2H3. The Kier molecular flexibility index (Phi) is 8.32. The van der Waals surface area contributed by atoms with Crippen molar-refractivity contribution in [2.24, 2.45) is 0 Å². The number of hydrogen-bond acceptors (Lipinski definition) is 6. The monoisotopic (exact) mass is 258 g/mol. The van der Waals surface area contributed by atoms with Crippen molar-refractivity contribution in [1.29, 1.82) is 0 Å². The average Bonchev–Trinajstić information content (AvgIpc) is 2.82. The minimum Gasteiger partial charge on any atom is -0.383 e. The van der Waals surface area contributed by atoms with Crippen LogP contribution in [0.4, 0.5) is 0 Å². The van der Waals surface area contributed by atoms with Crippen LogP contribution < -0.4 is 5.32 Å². The molecule has 1 heterocycles. The Morgan fingerprint density at radius 2 is 2.00 bits per heavy atom. The minimum atomic E-state index is 0.608. The van der Waals surface area contributed by atoms with Crippen molar-refractivity contribution in [2.75, 3.05) is 47.2 Å². The number of hydrogen-bond donors (Lipinski definition) is 1. The van der Waals surface area contributed by atoms with Crippen molar-refractivity contribution in [3.8, 4) is 0 Å². The fourth-order valence-electron chi connectivity index (χ4n) is 1.32. The highest BCUT2D eigenvalue weighted by Gasteiger charge is 2.00. The van der Waals surface area contributed by atoms with E-state index in [2.05, 4.69) is 15.6 Å². The molecule has 1 N–H and O–H groups in total. The lowest BCUT2D eigenvalue weighted by Gasteiger charge is -2.02. The highest BCUT2D eigenvalue weighted by molar-refractivity contribution is 4.91. The molecule has 0 unspecified atom stereocenters. The van der Waals surface area contributed by atoms with Crippen LogP contribution in [0.3, 0.4) is 0 Å². The van der Waals surface area contributed by atoms with E-state index in [9.17, 15) is 0 Å². The van der Waals surface area contributed by atoms with E-state index >= 15 is 0 Å². The zero-order chi connectivity index (χ0) is 13.1. The summed E-state index contributed by atoms with van der Waals surface area (Å²) in [6.45, 7) is 4.75. The van der Waals surface area contributed by atoms with Gasteiger partial charge in [-0.1, -0.05) is 5.21 Å². The van der Waals surface area contributed by atoms with Crippen LogP contribution in [0.15, 0.2) is 6.20 Å². The van der Waals surface area contributed by atoms with Gasteiger partial charge in [0, 0.05) is 33.5 Å². The summed E-state index contributed by atoms with van der Waals surface area (Å²) in [4.78, 5) is 0. The van der Waals surface area contributed by atoms with Crippen LogP contribution in [0.25, 0.3) is 0 Å². The van der Waals surface area contributed by atoms with Gasteiger partial charge in [-0.15, -0.1) is 5.10 Å². The summed E-state index contributed by atoms with van der Waals surface area (Å²) < 4.78 is 17.0. The lowest BCUT2D eigenvalue weighted by Crippen LogP contribution is -2.18. The molecule has 0 aromatic carbocycles. The number of rotatable bonds is 11. The first kappa shape index (κ1) is 15.0. The predicted octanol–water partition coefficient (Wildman–Crippen LogP) is -0.323. The van der Waals surface area contributed by atoms with Crippen molar-refractivity contribution in [3.63, 3.8) is 0 Å². The summed E-state index contributed by atoms with van der Waals surface area (Å²) in [7, 11) is 3.34. The van der Waals surface area contributed by atoms with Crippen LogP contribution in [0, 0.1) is 0 Å². The molecule has 0 saturated heterocycles. The summed E-state index contributed by atoms with van der Waals surface area (Å²) in [5, 5.41) is 11.3. The van der Waals surface area contributed by atoms with Crippen LogP contribution in [-0.4, -0.2) is 62.2 Å². The highest BCUT2D eigenvalue weighted by Crippen LogP contribution is 1.92. The van der Waals surface area contributed by atoms with Crippen molar-refractivity contribution >= 4 is 0 Å². The van der Waals surface area contributed by atoms with Gasteiger partial charge in [0.05, 0.1) is 38.7 Å². The topological polar surface area (TPSA) is 70.4 Å². The molecule has 18 heavy (non-hydrogen) atoms. The molecule has 0 aliphatic rings. The minimum absolute atomic E-state index is 0.608. The van der Waals surface area contributed by atoms with Crippen LogP contribution >= 0.6 is 0 Å². The Labute approximate surface area is 107 Å². The molecule has 0 spiro atoms. The third-order valence-electron chi connectivity index (χ3n) is 2.27. The maximum absolute atomic E-state index is 5.35. The maximum Gasteiger partial charge on any atom is 0.0964 e. The number of aromatic nitrogens is 3. The third kappa shape index (κ3) is 6.65. The summed E-state index contributed by atoms with van der Waals surface area (Å²) in [6, 6.07) is 0. The molecule has 0 radical (unpaired) electrons. The molecular weight excluding hydrogens is 236 g/mol. The molecule has 104 valence electrons. The number of nitrogens with one attached hydrogen (secondary N) is 1. The number of ether oxygens (including phenoxy) is 3. The van der Waals surface area contributed by atoms with E-state index in [1.54, 1.807) is 18.9 Å². The smallest absolute Gasteiger partial charge is 0.0964 e. The van der Waals surface area contributed by atoms with Crippen LogP contribution in [0.5, 0.6) is 0 Å². The molecule has 0 aliphatic carbocycles. The number of methoxy groups -OCH3 is 2. The Morgan fingerprint density at radius 1 is 1.17 bits per heavy atom. The van der Waals surface area contributed by atoms with Gasteiger partial charge in [0.15, 0.2) is 0 Å². The Morgan fingerprint density at radius 3 is 2.78 bits per heavy atom. The fourth-order valence-corrected chi connectivity index (χ4v) is 1.32. The normalized spacial score (nSPS) is 11.0. The Hall–Kier alpha value is -1.02. The Bertz CT molecular complexity index is 306. The Balaban J connectivity index is 2.10. The van der Waals surface area contributed by atoms with Gasteiger partial charge in [-0.25, -0.2) is 4.68 Å². The van der Waals surface area contributed by atoms with E-state index < -0.39 is 0 Å². The summed E-state index contributed by atoms with van der Waals surface area (Å²) in [5.74, 6) is 0. The molecule has 0 aliphatic heterocycles. The molecular formula is C11H22N4O3. The van der Waals surface area contributed by atoms with Crippen molar-refractivity contribution in [2.45, 2.75) is 13.1 Å². The van der Waals surface area contributed by atoms with E-state index in [0.717, 1.165) is 12.2 Å². The van der Waals surface area contributed by atoms with E-state index in [1.165, 1.54) is 0 Å². The second kappa shape index (κ2) is 9.95. The molecule has 0 atom stereocenters. The lowest BCUT2D eigenvalue weighted by molar-refractivity contribution is 0.0652. The van der Waals surface area contributed by atoms with Crippen molar-refractivity contribution in [3.05, 3.63) is 11.9 Å². The first-order chi connectivity index (χ1) is 8.86. The zero-order valence-corrected chi connectivity index (χ0v) is 11.1.